The summed E-state index contributed by atoms with van der Waals surface area (Å²) in [6.07, 6.45) is 1.76. The van der Waals surface area contributed by atoms with E-state index in [0.29, 0.717) is 10.0 Å². The molecule has 0 amide bonds. The highest BCUT2D eigenvalue weighted by Crippen LogP contribution is 2.32. The van der Waals surface area contributed by atoms with E-state index in [1.165, 1.54) is 0 Å². The average molecular weight is 378 g/mol. The molecule has 1 unspecified atom stereocenters. The van der Waals surface area contributed by atoms with E-state index in [1.807, 2.05) is 16.8 Å². The van der Waals surface area contributed by atoms with Gasteiger partial charge in [0.25, 0.3) is 0 Å². The van der Waals surface area contributed by atoms with Gasteiger partial charge in [-0.25, -0.2) is 5.43 Å². The Balaban J connectivity index is 2.55. The van der Waals surface area contributed by atoms with Crippen molar-refractivity contribution < 1.29 is 0 Å². The zero-order valence-electron chi connectivity index (χ0n) is 11.1. The number of benzene rings is 1. The summed E-state index contributed by atoms with van der Waals surface area (Å²) < 4.78 is 2.79. The third-order valence-electron chi connectivity index (χ3n) is 2.93. The van der Waals surface area contributed by atoms with Crippen molar-refractivity contribution in [2.75, 3.05) is 0 Å². The third-order valence-corrected chi connectivity index (χ3v) is 3.98. The van der Waals surface area contributed by atoms with Gasteiger partial charge in [-0.1, -0.05) is 23.2 Å². The van der Waals surface area contributed by atoms with Crippen LogP contribution in [0.15, 0.2) is 28.9 Å². The maximum Gasteiger partial charge on any atom is 0.0890 e. The van der Waals surface area contributed by atoms with Crippen LogP contribution in [0.5, 0.6) is 0 Å². The molecule has 0 aliphatic rings. The summed E-state index contributed by atoms with van der Waals surface area (Å²) in [7, 11) is 0. The summed E-state index contributed by atoms with van der Waals surface area (Å²) in [5, 5.41) is 5.50. The molecule has 0 radical (unpaired) electrons. The summed E-state index contributed by atoms with van der Waals surface area (Å²) in [6, 6.07) is 5.31. The van der Waals surface area contributed by atoms with Crippen molar-refractivity contribution >= 4 is 39.1 Å². The van der Waals surface area contributed by atoms with Crippen LogP contribution in [-0.4, -0.2) is 9.78 Å². The van der Waals surface area contributed by atoms with Crippen molar-refractivity contribution in [3.05, 3.63) is 50.2 Å². The summed E-state index contributed by atoms with van der Waals surface area (Å²) in [6.45, 7) is 4.11. The van der Waals surface area contributed by atoms with E-state index in [9.17, 15) is 0 Å². The first kappa shape index (κ1) is 15.8. The maximum absolute atomic E-state index is 6.07. The van der Waals surface area contributed by atoms with E-state index in [1.54, 1.807) is 12.3 Å². The van der Waals surface area contributed by atoms with Crippen LogP contribution in [0.25, 0.3) is 0 Å². The lowest BCUT2D eigenvalue weighted by Crippen LogP contribution is -2.31. The molecule has 3 N–H and O–H groups in total. The molecule has 0 aliphatic carbocycles. The molecule has 0 aliphatic heterocycles. The molecule has 1 aromatic heterocycles. The molecule has 0 fully saturated rings. The molecule has 2 rings (SSSR count). The fraction of sp³-hybridized carbons (Fsp3) is 0.308. The lowest BCUT2D eigenvalue weighted by atomic mass is 10.0. The molecule has 0 spiro atoms. The van der Waals surface area contributed by atoms with Gasteiger partial charge in [0.1, 0.15) is 0 Å². The predicted molar refractivity (Wildman–Crippen MR) is 85.9 cm³/mol. The minimum atomic E-state index is -0.259. The quantitative estimate of drug-likeness (QED) is 0.623. The average Bonchev–Trinajstić information content (AvgIpc) is 2.72. The zero-order valence-corrected chi connectivity index (χ0v) is 14.2. The molecule has 1 heterocycles. The second-order valence-electron chi connectivity index (χ2n) is 4.72. The highest BCUT2D eigenvalue weighted by Gasteiger charge is 2.22. The zero-order chi connectivity index (χ0) is 14.9. The van der Waals surface area contributed by atoms with Crippen LogP contribution in [0.1, 0.15) is 37.2 Å². The van der Waals surface area contributed by atoms with Crippen molar-refractivity contribution in [1.82, 2.24) is 15.2 Å². The fourth-order valence-electron chi connectivity index (χ4n) is 2.11. The highest BCUT2D eigenvalue weighted by molar-refractivity contribution is 9.10. The lowest BCUT2D eigenvalue weighted by molar-refractivity contribution is 0.475. The summed E-state index contributed by atoms with van der Waals surface area (Å²) in [4.78, 5) is 0. The van der Waals surface area contributed by atoms with Gasteiger partial charge in [0, 0.05) is 16.1 Å². The van der Waals surface area contributed by atoms with E-state index in [2.05, 4.69) is 40.3 Å². The molecule has 20 heavy (non-hydrogen) atoms. The van der Waals surface area contributed by atoms with Gasteiger partial charge in [0.15, 0.2) is 0 Å². The SMILES string of the molecule is CC(C)n1ncc(Br)c1C(NN)c1cc(Cl)cc(Cl)c1. The van der Waals surface area contributed by atoms with Crippen LogP contribution < -0.4 is 11.3 Å². The number of hydrazine groups is 1. The normalized spacial score (nSPS) is 12.9. The molecule has 0 saturated carbocycles. The monoisotopic (exact) mass is 376 g/mol. The van der Waals surface area contributed by atoms with Crippen LogP contribution in [0.4, 0.5) is 0 Å². The van der Waals surface area contributed by atoms with Crippen molar-refractivity contribution in [2.24, 2.45) is 5.84 Å². The maximum atomic E-state index is 6.07. The van der Waals surface area contributed by atoms with Crippen molar-refractivity contribution in [2.45, 2.75) is 25.9 Å². The molecule has 0 saturated heterocycles. The Morgan fingerprint density at radius 3 is 2.35 bits per heavy atom. The third kappa shape index (κ3) is 3.18. The van der Waals surface area contributed by atoms with Crippen LogP contribution in [-0.2, 0) is 0 Å². The molecule has 2 aromatic rings. The van der Waals surface area contributed by atoms with Crippen molar-refractivity contribution in [3.63, 3.8) is 0 Å². The topological polar surface area (TPSA) is 55.9 Å². The van der Waals surface area contributed by atoms with Crippen LogP contribution >= 0.6 is 39.1 Å². The number of rotatable bonds is 4. The van der Waals surface area contributed by atoms with Gasteiger partial charge < -0.3 is 0 Å². The second-order valence-corrected chi connectivity index (χ2v) is 6.45. The summed E-state index contributed by atoms with van der Waals surface area (Å²) >= 11 is 15.7. The molecule has 1 aromatic carbocycles. The Bertz CT molecular complexity index is 592. The number of nitrogens with zero attached hydrogens (tertiary/aromatic N) is 2. The van der Waals surface area contributed by atoms with E-state index >= 15 is 0 Å². The highest BCUT2D eigenvalue weighted by atomic mass is 79.9. The Kier molecular flexibility index (Phi) is 5.09. The molecule has 0 bridgehead atoms. The largest absolute Gasteiger partial charge is 0.271 e. The number of hydrogen-bond acceptors (Lipinski definition) is 3. The van der Waals surface area contributed by atoms with Gasteiger partial charge in [0.05, 0.1) is 22.4 Å². The Labute approximate surface area is 136 Å². The first-order chi connectivity index (χ1) is 9.43. The summed E-state index contributed by atoms with van der Waals surface area (Å²) in [5.41, 5.74) is 4.62. The number of nitrogens with two attached hydrogens (primary N) is 1. The van der Waals surface area contributed by atoms with E-state index in [-0.39, 0.29) is 12.1 Å². The van der Waals surface area contributed by atoms with E-state index in [4.69, 9.17) is 29.0 Å². The first-order valence-corrected chi connectivity index (χ1v) is 7.64. The second kappa shape index (κ2) is 6.45. The van der Waals surface area contributed by atoms with Gasteiger partial charge in [-0.2, -0.15) is 5.10 Å². The fourth-order valence-corrected chi connectivity index (χ4v) is 3.15. The van der Waals surface area contributed by atoms with Gasteiger partial charge in [0.2, 0.25) is 0 Å². The van der Waals surface area contributed by atoms with Gasteiger partial charge in [-0.3, -0.25) is 10.5 Å². The van der Waals surface area contributed by atoms with Crippen LogP contribution in [0, 0.1) is 0 Å². The Morgan fingerprint density at radius 2 is 1.85 bits per heavy atom. The minimum Gasteiger partial charge on any atom is -0.271 e. The van der Waals surface area contributed by atoms with Gasteiger partial charge >= 0.3 is 0 Å². The van der Waals surface area contributed by atoms with Gasteiger partial charge in [-0.05, 0) is 53.5 Å². The molecule has 4 nitrogen and oxygen atoms in total. The van der Waals surface area contributed by atoms with E-state index < -0.39 is 0 Å². The van der Waals surface area contributed by atoms with Gasteiger partial charge in [-0.15, -0.1) is 0 Å². The number of halogens is 3. The minimum absolute atomic E-state index is 0.210. The van der Waals surface area contributed by atoms with Crippen LogP contribution in [0.3, 0.4) is 0 Å². The standard InChI is InChI=1S/C13H15BrCl2N4/c1-7(2)20-13(11(14)6-18-20)12(19-17)8-3-9(15)5-10(16)4-8/h3-7,12,19H,17H2,1-2H3. The summed E-state index contributed by atoms with van der Waals surface area (Å²) in [5.74, 6) is 5.74. The lowest BCUT2D eigenvalue weighted by Gasteiger charge is -2.21. The predicted octanol–water partition coefficient (Wildman–Crippen LogP) is 4.09. The molecule has 7 heteroatoms. The van der Waals surface area contributed by atoms with Crippen molar-refractivity contribution in [3.8, 4) is 0 Å². The first-order valence-electron chi connectivity index (χ1n) is 6.09. The number of nitrogens with one attached hydrogen (secondary N) is 1. The molecule has 1 atom stereocenters. The van der Waals surface area contributed by atoms with E-state index in [0.717, 1.165) is 15.7 Å². The molecular weight excluding hydrogens is 363 g/mol. The number of aromatic nitrogens is 2. The number of hydrogen-bond donors (Lipinski definition) is 2. The Hall–Kier alpha value is -0.590. The Morgan fingerprint density at radius 1 is 1.25 bits per heavy atom. The molecule has 108 valence electrons. The molecular formula is C13H15BrCl2N4. The van der Waals surface area contributed by atoms with Crippen LogP contribution in [0.2, 0.25) is 10.0 Å². The smallest absolute Gasteiger partial charge is 0.0890 e. The van der Waals surface area contributed by atoms with Crippen molar-refractivity contribution in [1.29, 1.82) is 0 Å².